The zero-order chi connectivity index (χ0) is 21.5. The third-order valence-electron chi connectivity index (χ3n) is 5.08. The van der Waals surface area contributed by atoms with Crippen molar-refractivity contribution in [3.05, 3.63) is 94.3 Å². The van der Waals surface area contributed by atoms with Gasteiger partial charge in [-0.2, -0.15) is 0 Å². The molecule has 2 aromatic carbocycles. The van der Waals surface area contributed by atoms with Crippen LogP contribution >= 0.6 is 11.6 Å². The molecule has 5 heteroatoms. The maximum Gasteiger partial charge on any atom is 0.247 e. The second kappa shape index (κ2) is 10.3. The zero-order valence-corrected chi connectivity index (χ0v) is 18.4. The third-order valence-corrected chi connectivity index (χ3v) is 5.39. The Balaban J connectivity index is 1.84. The highest BCUT2D eigenvalue weighted by atomic mass is 35.5. The summed E-state index contributed by atoms with van der Waals surface area (Å²) in [5.74, 6) is 0.220. The number of pyridine rings is 1. The number of anilines is 1. The molecule has 2 N–H and O–H groups in total. The van der Waals surface area contributed by atoms with E-state index in [-0.39, 0.29) is 5.91 Å². The first-order valence-electron chi connectivity index (χ1n) is 10.2. The number of aryl methyl sites for hydroxylation is 1. The fourth-order valence-corrected chi connectivity index (χ4v) is 3.75. The summed E-state index contributed by atoms with van der Waals surface area (Å²) in [5.41, 5.74) is 5.06. The lowest BCUT2D eigenvalue weighted by Gasteiger charge is -2.24. The molecule has 30 heavy (non-hydrogen) atoms. The monoisotopic (exact) mass is 421 g/mol. The molecular weight excluding hydrogens is 394 g/mol. The van der Waals surface area contributed by atoms with Crippen LogP contribution in [0.4, 0.5) is 5.69 Å². The molecule has 156 valence electrons. The maximum absolute atomic E-state index is 13.3. The highest BCUT2D eigenvalue weighted by molar-refractivity contribution is 6.33. The Morgan fingerprint density at radius 2 is 1.73 bits per heavy atom. The first-order chi connectivity index (χ1) is 14.5. The lowest BCUT2D eigenvalue weighted by Crippen LogP contribution is -2.35. The van der Waals surface area contributed by atoms with Crippen LogP contribution in [0.5, 0.6) is 0 Å². The van der Waals surface area contributed by atoms with Crippen molar-refractivity contribution in [1.82, 2.24) is 10.3 Å². The number of nitrogens with zero attached hydrogens (tertiary/aromatic N) is 1. The van der Waals surface area contributed by atoms with Gasteiger partial charge in [-0.15, -0.1) is 0 Å². The number of carbonyl (C=O) groups excluding carboxylic acids is 1. The molecule has 0 fully saturated rings. The minimum Gasteiger partial charge on any atom is -0.369 e. The Labute approximate surface area is 183 Å². The van der Waals surface area contributed by atoms with Crippen LogP contribution in [0.3, 0.4) is 0 Å². The Kier molecular flexibility index (Phi) is 7.47. The maximum atomic E-state index is 13.3. The average Bonchev–Trinajstić information content (AvgIpc) is 2.74. The van der Waals surface area contributed by atoms with Crippen LogP contribution in [0.2, 0.25) is 5.02 Å². The number of amides is 1. The number of rotatable bonds is 8. The van der Waals surface area contributed by atoms with E-state index in [1.165, 1.54) is 0 Å². The minimum absolute atomic E-state index is 0.0752. The second-order valence-electron chi connectivity index (χ2n) is 7.74. The highest BCUT2D eigenvalue weighted by Crippen LogP contribution is 2.31. The van der Waals surface area contributed by atoms with E-state index in [4.69, 9.17) is 11.6 Å². The van der Waals surface area contributed by atoms with Gasteiger partial charge in [-0.05, 0) is 65.8 Å². The van der Waals surface area contributed by atoms with Crippen LogP contribution in [0, 0.1) is 6.92 Å². The molecule has 0 aliphatic carbocycles. The summed E-state index contributed by atoms with van der Waals surface area (Å²) in [4.78, 5) is 17.3. The third kappa shape index (κ3) is 5.61. The fraction of sp³-hybridized carbons (Fsp3) is 0.280. The first-order valence-corrected chi connectivity index (χ1v) is 10.6. The van der Waals surface area contributed by atoms with Crippen molar-refractivity contribution in [2.45, 2.75) is 39.2 Å². The first kappa shape index (κ1) is 21.8. The summed E-state index contributed by atoms with van der Waals surface area (Å²) in [7, 11) is 0. The summed E-state index contributed by atoms with van der Waals surface area (Å²) < 4.78 is 0. The van der Waals surface area contributed by atoms with Gasteiger partial charge in [0.2, 0.25) is 5.91 Å². The number of halogens is 1. The number of carbonyl (C=O) groups is 1. The van der Waals surface area contributed by atoms with Gasteiger partial charge in [0.15, 0.2) is 0 Å². The van der Waals surface area contributed by atoms with Crippen molar-refractivity contribution in [3.8, 4) is 0 Å². The molecule has 3 aromatic rings. The molecule has 0 aliphatic heterocycles. The molecule has 1 amide bonds. The standard InChI is InChI=1S/C25H28ClN3O/c1-17(2)20-6-4-5-7-21(20)24(29-23-9-8-18(3)16-22(23)26)25(30)28-15-12-19-10-13-27-14-11-19/h4-11,13-14,16-17,24,29H,12,15H2,1-3H3,(H,28,30). The molecule has 3 rings (SSSR count). The van der Waals surface area contributed by atoms with Crippen molar-refractivity contribution in [2.24, 2.45) is 0 Å². The van der Waals surface area contributed by atoms with Gasteiger partial charge in [-0.25, -0.2) is 0 Å². The van der Waals surface area contributed by atoms with Crippen molar-refractivity contribution < 1.29 is 4.79 Å². The molecule has 4 nitrogen and oxygen atoms in total. The summed E-state index contributed by atoms with van der Waals surface area (Å²) >= 11 is 6.45. The van der Waals surface area contributed by atoms with Gasteiger partial charge in [0.05, 0.1) is 10.7 Å². The molecule has 1 unspecified atom stereocenters. The van der Waals surface area contributed by atoms with Crippen LogP contribution < -0.4 is 10.6 Å². The number of hydrogen-bond acceptors (Lipinski definition) is 3. The molecular formula is C25H28ClN3O. The second-order valence-corrected chi connectivity index (χ2v) is 8.15. The van der Waals surface area contributed by atoms with Crippen LogP contribution in [-0.2, 0) is 11.2 Å². The van der Waals surface area contributed by atoms with E-state index in [1.807, 2.05) is 55.5 Å². The molecule has 1 aromatic heterocycles. The van der Waals surface area contributed by atoms with Gasteiger partial charge in [-0.3, -0.25) is 9.78 Å². The van der Waals surface area contributed by atoms with Crippen molar-refractivity contribution in [3.63, 3.8) is 0 Å². The zero-order valence-electron chi connectivity index (χ0n) is 17.7. The molecule has 1 heterocycles. The molecule has 0 radical (unpaired) electrons. The number of benzene rings is 2. The summed E-state index contributed by atoms with van der Waals surface area (Å²) in [6.07, 6.45) is 4.28. The van der Waals surface area contributed by atoms with Crippen molar-refractivity contribution in [2.75, 3.05) is 11.9 Å². The molecule has 0 bridgehead atoms. The molecule has 1 atom stereocenters. The summed E-state index contributed by atoms with van der Waals surface area (Å²) in [5, 5.41) is 7.07. The Morgan fingerprint density at radius 3 is 2.40 bits per heavy atom. The number of hydrogen-bond donors (Lipinski definition) is 2. The van der Waals surface area contributed by atoms with Gasteiger partial charge in [0.25, 0.3) is 0 Å². The van der Waals surface area contributed by atoms with Gasteiger partial charge < -0.3 is 10.6 Å². The summed E-state index contributed by atoms with van der Waals surface area (Å²) in [6.45, 7) is 6.81. The van der Waals surface area contributed by atoms with E-state index in [9.17, 15) is 4.79 Å². The number of nitrogens with one attached hydrogen (secondary N) is 2. The minimum atomic E-state index is -0.541. The largest absolute Gasteiger partial charge is 0.369 e. The van der Waals surface area contributed by atoms with Crippen LogP contribution in [0.15, 0.2) is 67.0 Å². The predicted octanol–water partition coefficient (Wildman–Crippen LogP) is 5.68. The quantitative estimate of drug-likeness (QED) is 0.492. The van der Waals surface area contributed by atoms with E-state index < -0.39 is 6.04 Å². The Morgan fingerprint density at radius 1 is 1.03 bits per heavy atom. The van der Waals surface area contributed by atoms with Gasteiger partial charge >= 0.3 is 0 Å². The van der Waals surface area contributed by atoms with E-state index in [0.717, 1.165) is 34.4 Å². The van der Waals surface area contributed by atoms with Gasteiger partial charge in [-0.1, -0.05) is 55.8 Å². The summed E-state index contributed by atoms with van der Waals surface area (Å²) in [6, 6.07) is 17.3. The lowest BCUT2D eigenvalue weighted by molar-refractivity contribution is -0.121. The molecule has 0 saturated heterocycles. The van der Waals surface area contributed by atoms with Crippen LogP contribution in [-0.4, -0.2) is 17.4 Å². The van der Waals surface area contributed by atoms with Crippen molar-refractivity contribution >= 4 is 23.2 Å². The lowest BCUT2D eigenvalue weighted by atomic mass is 9.92. The number of aromatic nitrogens is 1. The highest BCUT2D eigenvalue weighted by Gasteiger charge is 2.24. The Bertz CT molecular complexity index is 989. The van der Waals surface area contributed by atoms with E-state index >= 15 is 0 Å². The van der Waals surface area contributed by atoms with E-state index in [1.54, 1.807) is 12.4 Å². The van der Waals surface area contributed by atoms with Crippen LogP contribution in [0.25, 0.3) is 0 Å². The van der Waals surface area contributed by atoms with Crippen LogP contribution in [0.1, 0.15) is 48.1 Å². The smallest absolute Gasteiger partial charge is 0.247 e. The molecule has 0 saturated carbocycles. The van der Waals surface area contributed by atoms with E-state index in [2.05, 4.69) is 35.5 Å². The normalized spacial score (nSPS) is 11.9. The average molecular weight is 422 g/mol. The molecule has 0 aliphatic rings. The fourth-order valence-electron chi connectivity index (χ4n) is 3.46. The Hall–Kier alpha value is -2.85. The predicted molar refractivity (Wildman–Crippen MR) is 124 cm³/mol. The topological polar surface area (TPSA) is 54.0 Å². The SMILES string of the molecule is Cc1ccc(NC(C(=O)NCCc2ccncc2)c2ccccc2C(C)C)c(Cl)c1. The van der Waals surface area contributed by atoms with Gasteiger partial charge in [0, 0.05) is 18.9 Å². The van der Waals surface area contributed by atoms with Crippen molar-refractivity contribution in [1.29, 1.82) is 0 Å². The van der Waals surface area contributed by atoms with E-state index in [0.29, 0.717) is 17.5 Å². The molecule has 0 spiro atoms. The van der Waals surface area contributed by atoms with Gasteiger partial charge in [0.1, 0.15) is 6.04 Å².